The minimum absolute atomic E-state index is 0.00179. The van der Waals surface area contributed by atoms with Gasteiger partial charge in [-0.05, 0) is 12.1 Å². The Balaban J connectivity index is 2.04. The van der Waals surface area contributed by atoms with Crippen LogP contribution < -0.4 is 5.73 Å². The van der Waals surface area contributed by atoms with Gasteiger partial charge in [0.2, 0.25) is 5.89 Å². The predicted octanol–water partition coefficient (Wildman–Crippen LogP) is 1.27. The zero-order valence-corrected chi connectivity index (χ0v) is 8.22. The van der Waals surface area contributed by atoms with E-state index in [1.165, 1.54) is 0 Å². The summed E-state index contributed by atoms with van der Waals surface area (Å²) in [4.78, 5) is 4.42. The molecule has 4 nitrogen and oxygen atoms in total. The minimum Gasteiger partial charge on any atom is -0.440 e. The predicted molar refractivity (Wildman–Crippen MR) is 55.5 cm³/mol. The molecule has 2 aromatic rings. The number of ether oxygens (including phenoxy) is 1. The van der Waals surface area contributed by atoms with Gasteiger partial charge >= 0.3 is 0 Å². The average Bonchev–Trinajstić information content (AvgIpc) is 2.82. The molecule has 1 aromatic heterocycles. The van der Waals surface area contributed by atoms with Crippen molar-refractivity contribution in [1.82, 2.24) is 4.98 Å². The topological polar surface area (TPSA) is 61.3 Å². The summed E-state index contributed by atoms with van der Waals surface area (Å²) in [5.74, 6) is 0.790. The molecule has 2 unspecified atom stereocenters. The fraction of sp³-hybridized carbons (Fsp3) is 0.364. The van der Waals surface area contributed by atoms with Crippen molar-refractivity contribution in [3.05, 3.63) is 30.2 Å². The first-order valence-corrected chi connectivity index (χ1v) is 5.03. The second kappa shape index (κ2) is 3.32. The van der Waals surface area contributed by atoms with Crippen LogP contribution in [0.15, 0.2) is 28.7 Å². The molecule has 0 aliphatic carbocycles. The number of hydrogen-bond donors (Lipinski definition) is 1. The van der Waals surface area contributed by atoms with Gasteiger partial charge in [0, 0.05) is 6.04 Å². The van der Waals surface area contributed by atoms with Gasteiger partial charge in [-0.15, -0.1) is 0 Å². The molecule has 1 aromatic carbocycles. The molecule has 0 spiro atoms. The van der Waals surface area contributed by atoms with Crippen molar-refractivity contribution < 1.29 is 9.15 Å². The van der Waals surface area contributed by atoms with Crippen LogP contribution in [0.1, 0.15) is 11.8 Å². The third-order valence-corrected chi connectivity index (χ3v) is 2.75. The first-order valence-electron chi connectivity index (χ1n) is 5.03. The molecule has 15 heavy (non-hydrogen) atoms. The highest BCUT2D eigenvalue weighted by Gasteiger charge is 2.30. The Morgan fingerprint density at radius 1 is 1.27 bits per heavy atom. The summed E-state index contributed by atoms with van der Waals surface area (Å²) in [5.41, 5.74) is 7.60. The van der Waals surface area contributed by atoms with E-state index in [9.17, 15) is 0 Å². The van der Waals surface area contributed by atoms with Crippen LogP contribution in [-0.4, -0.2) is 24.2 Å². The van der Waals surface area contributed by atoms with E-state index < -0.39 is 0 Å². The lowest BCUT2D eigenvalue weighted by Gasteiger charge is -2.07. The van der Waals surface area contributed by atoms with Crippen LogP contribution in [0, 0.1) is 0 Å². The maximum absolute atomic E-state index is 5.91. The normalized spacial score (nSPS) is 26.2. The molecule has 78 valence electrons. The molecule has 2 atom stereocenters. The van der Waals surface area contributed by atoms with Crippen LogP contribution in [0.2, 0.25) is 0 Å². The number of oxazole rings is 1. The van der Waals surface area contributed by atoms with Gasteiger partial charge in [-0.2, -0.15) is 0 Å². The van der Waals surface area contributed by atoms with Crippen LogP contribution in [0.5, 0.6) is 0 Å². The molecule has 1 saturated heterocycles. The number of nitrogens with two attached hydrogens (primary N) is 1. The van der Waals surface area contributed by atoms with Gasteiger partial charge in [-0.3, -0.25) is 0 Å². The lowest BCUT2D eigenvalue weighted by atomic mass is 10.1. The van der Waals surface area contributed by atoms with Crippen molar-refractivity contribution in [3.8, 4) is 0 Å². The maximum atomic E-state index is 5.91. The molecule has 4 heteroatoms. The average molecular weight is 204 g/mol. The Bertz CT molecular complexity index is 447. The lowest BCUT2D eigenvalue weighted by Crippen LogP contribution is -2.26. The van der Waals surface area contributed by atoms with E-state index in [-0.39, 0.29) is 12.0 Å². The van der Waals surface area contributed by atoms with Crippen LogP contribution >= 0.6 is 0 Å². The van der Waals surface area contributed by atoms with Crippen LogP contribution in [0.4, 0.5) is 0 Å². The first-order chi connectivity index (χ1) is 7.34. The largest absolute Gasteiger partial charge is 0.440 e. The molecule has 0 radical (unpaired) electrons. The van der Waals surface area contributed by atoms with Gasteiger partial charge in [-0.25, -0.2) is 4.98 Å². The van der Waals surface area contributed by atoms with Crippen molar-refractivity contribution in [2.45, 2.75) is 12.0 Å². The van der Waals surface area contributed by atoms with Gasteiger partial charge < -0.3 is 14.9 Å². The molecule has 0 amide bonds. The SMILES string of the molecule is NC1COCC1c1nc2ccccc2o1. The molecular formula is C11H12N2O2. The van der Waals surface area contributed by atoms with Crippen molar-refractivity contribution in [2.24, 2.45) is 5.73 Å². The number of rotatable bonds is 1. The molecule has 3 rings (SSSR count). The monoisotopic (exact) mass is 204 g/mol. The minimum atomic E-state index is -0.00179. The summed E-state index contributed by atoms with van der Waals surface area (Å²) in [6.45, 7) is 1.19. The lowest BCUT2D eigenvalue weighted by molar-refractivity contribution is 0.188. The molecule has 0 bridgehead atoms. The molecule has 2 heterocycles. The Hall–Kier alpha value is -1.39. The van der Waals surface area contributed by atoms with E-state index >= 15 is 0 Å². The molecule has 0 saturated carbocycles. The van der Waals surface area contributed by atoms with Gasteiger partial charge in [0.1, 0.15) is 5.52 Å². The summed E-state index contributed by atoms with van der Waals surface area (Å²) in [5, 5.41) is 0. The van der Waals surface area contributed by atoms with E-state index in [2.05, 4.69) is 4.98 Å². The third-order valence-electron chi connectivity index (χ3n) is 2.75. The van der Waals surface area contributed by atoms with E-state index in [0.717, 1.165) is 11.1 Å². The number of fused-ring (bicyclic) bond motifs is 1. The summed E-state index contributed by atoms with van der Waals surface area (Å²) in [6, 6.07) is 7.72. The standard InChI is InChI=1S/C11H12N2O2/c12-8-6-14-5-7(8)11-13-9-3-1-2-4-10(9)15-11/h1-4,7-8H,5-6,12H2. The fourth-order valence-electron chi connectivity index (χ4n) is 1.87. The Morgan fingerprint density at radius 3 is 2.87 bits per heavy atom. The summed E-state index contributed by atoms with van der Waals surface area (Å²) in [6.07, 6.45) is 0. The van der Waals surface area contributed by atoms with Crippen LogP contribution in [0.25, 0.3) is 11.1 Å². The van der Waals surface area contributed by atoms with Gasteiger partial charge in [0.15, 0.2) is 5.58 Å². The van der Waals surface area contributed by atoms with Gasteiger partial charge in [0.05, 0.1) is 19.1 Å². The zero-order chi connectivity index (χ0) is 10.3. The van der Waals surface area contributed by atoms with Crippen LogP contribution in [-0.2, 0) is 4.74 Å². The fourth-order valence-corrected chi connectivity index (χ4v) is 1.87. The van der Waals surface area contributed by atoms with Crippen molar-refractivity contribution in [1.29, 1.82) is 0 Å². The highest BCUT2D eigenvalue weighted by Crippen LogP contribution is 2.26. The van der Waals surface area contributed by atoms with Crippen LogP contribution in [0.3, 0.4) is 0 Å². The summed E-state index contributed by atoms with van der Waals surface area (Å²) < 4.78 is 10.9. The second-order valence-corrected chi connectivity index (χ2v) is 3.83. The number of benzene rings is 1. The first kappa shape index (κ1) is 8.88. The molecule has 1 aliphatic rings. The van der Waals surface area contributed by atoms with E-state index in [1.807, 2.05) is 24.3 Å². The van der Waals surface area contributed by atoms with Crippen molar-refractivity contribution in [3.63, 3.8) is 0 Å². The molecular weight excluding hydrogens is 192 g/mol. The highest BCUT2D eigenvalue weighted by molar-refractivity contribution is 5.72. The molecule has 1 fully saturated rings. The van der Waals surface area contributed by atoms with Gasteiger partial charge in [-0.1, -0.05) is 12.1 Å². The zero-order valence-electron chi connectivity index (χ0n) is 8.22. The Morgan fingerprint density at radius 2 is 2.13 bits per heavy atom. The smallest absolute Gasteiger partial charge is 0.202 e. The quantitative estimate of drug-likeness (QED) is 0.759. The third kappa shape index (κ3) is 1.42. The molecule has 1 aliphatic heterocycles. The van der Waals surface area contributed by atoms with E-state index in [0.29, 0.717) is 19.1 Å². The van der Waals surface area contributed by atoms with Crippen molar-refractivity contribution >= 4 is 11.1 Å². The summed E-state index contributed by atoms with van der Waals surface area (Å²) in [7, 11) is 0. The maximum Gasteiger partial charge on any atom is 0.202 e. The van der Waals surface area contributed by atoms with E-state index in [1.54, 1.807) is 0 Å². The van der Waals surface area contributed by atoms with E-state index in [4.69, 9.17) is 14.9 Å². The Labute approximate surface area is 87.0 Å². The number of aromatic nitrogens is 1. The van der Waals surface area contributed by atoms with Crippen molar-refractivity contribution in [2.75, 3.05) is 13.2 Å². The van der Waals surface area contributed by atoms with Gasteiger partial charge in [0.25, 0.3) is 0 Å². The number of hydrogen-bond acceptors (Lipinski definition) is 4. The number of nitrogens with zero attached hydrogens (tertiary/aromatic N) is 1. The highest BCUT2D eigenvalue weighted by atomic mass is 16.5. The number of para-hydroxylation sites is 2. The second-order valence-electron chi connectivity index (χ2n) is 3.83. The Kier molecular flexibility index (Phi) is 1.97. The summed E-state index contributed by atoms with van der Waals surface area (Å²) >= 11 is 0. The molecule has 2 N–H and O–H groups in total.